The van der Waals surface area contributed by atoms with E-state index in [4.69, 9.17) is 21.1 Å². The smallest absolute Gasteiger partial charge is 0.231 e. The van der Waals surface area contributed by atoms with Crippen molar-refractivity contribution in [1.82, 2.24) is 4.98 Å². The zero-order valence-corrected chi connectivity index (χ0v) is 12.2. The molecule has 3 rings (SSSR count). The van der Waals surface area contributed by atoms with Crippen LogP contribution in [0, 0.1) is 0 Å². The maximum absolute atomic E-state index is 5.99. The highest BCUT2D eigenvalue weighted by Crippen LogP contribution is 2.37. The van der Waals surface area contributed by atoms with Crippen LogP contribution in [0.25, 0.3) is 0 Å². The fraction of sp³-hybridized carbons (Fsp3) is 0.154. The molecule has 98 valence electrons. The Kier molecular flexibility index (Phi) is 3.48. The average Bonchev–Trinajstić information content (AvgIpc) is 2.84. The summed E-state index contributed by atoms with van der Waals surface area (Å²) in [6.45, 7) is 0.885. The fourth-order valence-corrected chi connectivity index (χ4v) is 2.45. The van der Waals surface area contributed by atoms with E-state index >= 15 is 0 Å². The zero-order valence-electron chi connectivity index (χ0n) is 9.82. The van der Waals surface area contributed by atoms with Crippen molar-refractivity contribution in [2.24, 2.45) is 0 Å². The number of benzene rings is 1. The number of rotatable bonds is 3. The van der Waals surface area contributed by atoms with Crippen LogP contribution in [-0.2, 0) is 6.54 Å². The first-order chi connectivity index (χ1) is 9.24. The van der Waals surface area contributed by atoms with Crippen LogP contribution in [0.1, 0.15) is 5.56 Å². The second-order valence-electron chi connectivity index (χ2n) is 3.99. The Morgan fingerprint density at radius 2 is 2.11 bits per heavy atom. The largest absolute Gasteiger partial charge is 0.454 e. The van der Waals surface area contributed by atoms with Crippen LogP contribution in [0.4, 0.5) is 5.69 Å². The van der Waals surface area contributed by atoms with Gasteiger partial charge in [0.05, 0.1) is 5.69 Å². The molecule has 1 aliphatic heterocycles. The summed E-state index contributed by atoms with van der Waals surface area (Å²) in [5.74, 6) is 1.52. The summed E-state index contributed by atoms with van der Waals surface area (Å²) in [4.78, 5) is 4.02. The molecule has 0 aliphatic carbocycles. The van der Waals surface area contributed by atoms with Crippen LogP contribution in [0.2, 0.25) is 5.15 Å². The SMILES string of the molecule is Clc1ncccc1NCc1cc2c(cc1Br)OCO2. The lowest BCUT2D eigenvalue weighted by atomic mass is 10.2. The molecule has 1 N–H and O–H groups in total. The van der Waals surface area contributed by atoms with Gasteiger partial charge >= 0.3 is 0 Å². The van der Waals surface area contributed by atoms with Crippen molar-refractivity contribution < 1.29 is 9.47 Å². The van der Waals surface area contributed by atoms with E-state index < -0.39 is 0 Å². The molecule has 6 heteroatoms. The molecule has 0 bridgehead atoms. The van der Waals surface area contributed by atoms with E-state index in [1.165, 1.54) is 0 Å². The first kappa shape index (κ1) is 12.6. The molecule has 1 aromatic heterocycles. The summed E-state index contributed by atoms with van der Waals surface area (Å²) in [5, 5.41) is 3.70. The number of nitrogens with one attached hydrogen (secondary N) is 1. The van der Waals surface area contributed by atoms with Crippen LogP contribution in [0.5, 0.6) is 11.5 Å². The van der Waals surface area contributed by atoms with Crippen molar-refractivity contribution in [3.05, 3.63) is 45.7 Å². The van der Waals surface area contributed by atoms with Gasteiger partial charge in [0.2, 0.25) is 6.79 Å². The highest BCUT2D eigenvalue weighted by molar-refractivity contribution is 9.10. The Hall–Kier alpha value is -1.46. The number of halogens is 2. The van der Waals surface area contributed by atoms with Gasteiger partial charge in [0, 0.05) is 17.2 Å². The Bertz CT molecular complexity index is 622. The molecule has 0 saturated heterocycles. The summed E-state index contributed by atoms with van der Waals surface area (Å²) in [6.07, 6.45) is 1.66. The quantitative estimate of drug-likeness (QED) is 0.862. The fourth-order valence-electron chi connectivity index (χ4n) is 1.80. The number of hydrogen-bond acceptors (Lipinski definition) is 4. The molecule has 0 spiro atoms. The molecule has 0 fully saturated rings. The molecule has 2 aromatic rings. The number of ether oxygens (including phenoxy) is 2. The third-order valence-corrected chi connectivity index (χ3v) is 3.81. The average molecular weight is 342 g/mol. The second-order valence-corrected chi connectivity index (χ2v) is 5.20. The van der Waals surface area contributed by atoms with E-state index in [9.17, 15) is 0 Å². The van der Waals surface area contributed by atoms with Gasteiger partial charge in [0.25, 0.3) is 0 Å². The summed E-state index contributed by atoms with van der Waals surface area (Å²) in [5.41, 5.74) is 1.86. The zero-order chi connectivity index (χ0) is 13.2. The highest BCUT2D eigenvalue weighted by Gasteiger charge is 2.16. The van der Waals surface area contributed by atoms with Crippen molar-refractivity contribution in [3.8, 4) is 11.5 Å². The number of nitrogens with zero attached hydrogens (tertiary/aromatic N) is 1. The lowest BCUT2D eigenvalue weighted by molar-refractivity contribution is 0.174. The molecule has 2 heterocycles. The molecule has 0 unspecified atom stereocenters. The van der Waals surface area contributed by atoms with E-state index in [-0.39, 0.29) is 6.79 Å². The van der Waals surface area contributed by atoms with Crippen molar-refractivity contribution in [2.75, 3.05) is 12.1 Å². The lowest BCUT2D eigenvalue weighted by Gasteiger charge is -2.10. The van der Waals surface area contributed by atoms with Gasteiger partial charge in [-0.2, -0.15) is 0 Å². The van der Waals surface area contributed by atoms with Gasteiger partial charge in [0.15, 0.2) is 16.7 Å². The predicted molar refractivity (Wildman–Crippen MR) is 76.8 cm³/mol. The van der Waals surface area contributed by atoms with E-state index in [1.807, 2.05) is 24.3 Å². The Morgan fingerprint density at radius 1 is 1.32 bits per heavy atom. The molecule has 0 atom stereocenters. The number of fused-ring (bicyclic) bond motifs is 1. The van der Waals surface area contributed by atoms with E-state index in [1.54, 1.807) is 6.20 Å². The topological polar surface area (TPSA) is 43.4 Å². The normalized spacial score (nSPS) is 12.5. The maximum atomic E-state index is 5.99. The van der Waals surface area contributed by atoms with E-state index in [0.29, 0.717) is 11.7 Å². The van der Waals surface area contributed by atoms with Gasteiger partial charge in [-0.05, 0) is 29.8 Å². The minimum atomic E-state index is 0.271. The maximum Gasteiger partial charge on any atom is 0.231 e. The molecule has 1 aromatic carbocycles. The standard InChI is InChI=1S/C13H10BrClN2O2/c14-9-5-12-11(18-7-19-12)4-8(9)6-17-10-2-1-3-16-13(10)15/h1-5,17H,6-7H2. The van der Waals surface area contributed by atoms with Crippen LogP contribution in [-0.4, -0.2) is 11.8 Å². The molecular formula is C13H10BrClN2O2. The van der Waals surface area contributed by atoms with Gasteiger partial charge in [-0.15, -0.1) is 0 Å². The first-order valence-electron chi connectivity index (χ1n) is 5.66. The van der Waals surface area contributed by atoms with Gasteiger partial charge < -0.3 is 14.8 Å². The molecule has 0 amide bonds. The van der Waals surface area contributed by atoms with Gasteiger partial charge in [0.1, 0.15) is 0 Å². The molecule has 0 saturated carbocycles. The Labute approximate surface area is 123 Å². The third-order valence-electron chi connectivity index (χ3n) is 2.77. The minimum absolute atomic E-state index is 0.271. The molecule has 0 radical (unpaired) electrons. The first-order valence-corrected chi connectivity index (χ1v) is 6.83. The van der Waals surface area contributed by atoms with E-state index in [0.717, 1.165) is 27.2 Å². The van der Waals surface area contributed by atoms with Crippen molar-refractivity contribution in [3.63, 3.8) is 0 Å². The summed E-state index contributed by atoms with van der Waals surface area (Å²) in [6, 6.07) is 7.58. The Morgan fingerprint density at radius 3 is 2.89 bits per heavy atom. The van der Waals surface area contributed by atoms with Crippen molar-refractivity contribution >= 4 is 33.2 Å². The third kappa shape index (κ3) is 2.62. The van der Waals surface area contributed by atoms with Crippen LogP contribution in [0.15, 0.2) is 34.9 Å². The van der Waals surface area contributed by atoms with Crippen LogP contribution >= 0.6 is 27.5 Å². The number of pyridine rings is 1. The predicted octanol–water partition coefficient (Wildman–Crippen LogP) is 3.84. The lowest BCUT2D eigenvalue weighted by Crippen LogP contribution is -2.01. The van der Waals surface area contributed by atoms with Crippen molar-refractivity contribution in [2.45, 2.75) is 6.54 Å². The molecule has 19 heavy (non-hydrogen) atoms. The van der Waals surface area contributed by atoms with Gasteiger partial charge in [-0.25, -0.2) is 4.98 Å². The van der Waals surface area contributed by atoms with Crippen molar-refractivity contribution in [1.29, 1.82) is 0 Å². The highest BCUT2D eigenvalue weighted by atomic mass is 79.9. The summed E-state index contributed by atoms with van der Waals surface area (Å²) < 4.78 is 11.6. The van der Waals surface area contributed by atoms with E-state index in [2.05, 4.69) is 26.2 Å². The second kappa shape index (κ2) is 5.27. The summed E-state index contributed by atoms with van der Waals surface area (Å²) in [7, 11) is 0. The molecular weight excluding hydrogens is 332 g/mol. The number of aromatic nitrogens is 1. The summed E-state index contributed by atoms with van der Waals surface area (Å²) >= 11 is 9.51. The van der Waals surface area contributed by atoms with Gasteiger partial charge in [-0.1, -0.05) is 27.5 Å². The number of hydrogen-bond donors (Lipinski definition) is 1. The molecule has 4 nitrogen and oxygen atoms in total. The number of anilines is 1. The van der Waals surface area contributed by atoms with Crippen LogP contribution < -0.4 is 14.8 Å². The molecule has 1 aliphatic rings. The Balaban J connectivity index is 1.79. The van der Waals surface area contributed by atoms with Gasteiger partial charge in [-0.3, -0.25) is 0 Å². The minimum Gasteiger partial charge on any atom is -0.454 e. The monoisotopic (exact) mass is 340 g/mol. The van der Waals surface area contributed by atoms with Crippen LogP contribution in [0.3, 0.4) is 0 Å².